The van der Waals surface area contributed by atoms with Crippen LogP contribution in [0.3, 0.4) is 0 Å². The third kappa shape index (κ3) is 4.14. The Morgan fingerprint density at radius 2 is 2.07 bits per heavy atom. The van der Waals surface area contributed by atoms with Crippen molar-refractivity contribution in [1.29, 1.82) is 0 Å². The van der Waals surface area contributed by atoms with E-state index in [-0.39, 0.29) is 5.91 Å². The van der Waals surface area contributed by atoms with E-state index >= 15 is 0 Å². The Hall–Kier alpha value is -3.00. The maximum absolute atomic E-state index is 13.3. The molecule has 3 aromatic rings. The quantitative estimate of drug-likeness (QED) is 0.411. The van der Waals surface area contributed by atoms with Crippen molar-refractivity contribution in [2.45, 2.75) is 44.8 Å². The molecule has 1 aromatic carbocycles. The number of furan rings is 1. The number of unbranched alkanes of at least 4 members (excludes halogenated alkanes) is 1. The second-order valence-electron chi connectivity index (χ2n) is 7.27. The Morgan fingerprint density at radius 1 is 1.27 bits per heavy atom. The number of hydrogen-bond acceptors (Lipinski definition) is 6. The fourth-order valence-electron chi connectivity index (χ4n) is 3.34. The van der Waals surface area contributed by atoms with Crippen molar-refractivity contribution in [1.82, 2.24) is 14.8 Å². The number of benzene rings is 1. The maximum Gasteiger partial charge on any atom is 0.256 e. The van der Waals surface area contributed by atoms with Gasteiger partial charge in [0.15, 0.2) is 0 Å². The Labute approximate surface area is 180 Å². The lowest BCUT2D eigenvalue weighted by atomic mass is 10.00. The SMILES string of the molecule is CCCCSc1nc2n(n1)C(c1ccco1)C(C(=O)Nc1ccc(C)cc1)=C(C)N2. The number of carbonyl (C=O) groups excluding carboxylic acids is 1. The summed E-state index contributed by atoms with van der Waals surface area (Å²) in [5.74, 6) is 2.01. The van der Waals surface area contributed by atoms with E-state index in [9.17, 15) is 4.79 Å². The van der Waals surface area contributed by atoms with Gasteiger partial charge < -0.3 is 15.1 Å². The van der Waals surface area contributed by atoms with Crippen LogP contribution in [0.4, 0.5) is 11.6 Å². The van der Waals surface area contributed by atoms with Crippen LogP contribution >= 0.6 is 11.8 Å². The number of aromatic nitrogens is 3. The van der Waals surface area contributed by atoms with Crippen LogP contribution in [-0.4, -0.2) is 26.4 Å². The molecule has 2 aromatic heterocycles. The fourth-order valence-corrected chi connectivity index (χ4v) is 4.25. The van der Waals surface area contributed by atoms with Crippen LogP contribution in [0.1, 0.15) is 44.1 Å². The van der Waals surface area contributed by atoms with Crippen LogP contribution < -0.4 is 10.6 Å². The lowest BCUT2D eigenvalue weighted by molar-refractivity contribution is -0.113. The summed E-state index contributed by atoms with van der Waals surface area (Å²) in [4.78, 5) is 17.9. The lowest BCUT2D eigenvalue weighted by Gasteiger charge is -2.27. The number of anilines is 2. The van der Waals surface area contributed by atoms with Gasteiger partial charge >= 0.3 is 0 Å². The number of aryl methyl sites for hydroxylation is 1. The first-order valence-electron chi connectivity index (χ1n) is 10.1. The molecule has 1 atom stereocenters. The average Bonchev–Trinajstić information content (AvgIpc) is 3.38. The second-order valence-corrected chi connectivity index (χ2v) is 8.33. The predicted molar refractivity (Wildman–Crippen MR) is 119 cm³/mol. The molecule has 0 aliphatic carbocycles. The number of thioether (sulfide) groups is 1. The first-order chi connectivity index (χ1) is 14.6. The summed E-state index contributed by atoms with van der Waals surface area (Å²) in [5.41, 5.74) is 3.15. The Kier molecular flexibility index (Phi) is 5.94. The van der Waals surface area contributed by atoms with Crippen molar-refractivity contribution >= 4 is 29.3 Å². The molecular formula is C22H25N5O2S. The second kappa shape index (κ2) is 8.79. The molecule has 7 nitrogen and oxygen atoms in total. The minimum Gasteiger partial charge on any atom is -0.467 e. The molecule has 1 aliphatic heterocycles. The Balaban J connectivity index is 1.67. The molecule has 0 radical (unpaired) electrons. The summed E-state index contributed by atoms with van der Waals surface area (Å²) >= 11 is 1.62. The molecule has 0 bridgehead atoms. The van der Waals surface area contributed by atoms with Gasteiger partial charge in [0.2, 0.25) is 11.1 Å². The molecule has 1 amide bonds. The van der Waals surface area contributed by atoms with Gasteiger partial charge in [0.1, 0.15) is 11.8 Å². The van der Waals surface area contributed by atoms with E-state index in [1.54, 1.807) is 22.7 Å². The zero-order valence-corrected chi connectivity index (χ0v) is 18.1. The minimum absolute atomic E-state index is 0.202. The average molecular weight is 424 g/mol. The molecule has 0 saturated heterocycles. The molecule has 4 rings (SSSR count). The lowest BCUT2D eigenvalue weighted by Crippen LogP contribution is -2.31. The van der Waals surface area contributed by atoms with Crippen molar-refractivity contribution in [2.24, 2.45) is 0 Å². The highest BCUT2D eigenvalue weighted by molar-refractivity contribution is 7.99. The van der Waals surface area contributed by atoms with Crippen LogP contribution in [0.5, 0.6) is 0 Å². The van der Waals surface area contributed by atoms with E-state index in [1.807, 2.05) is 50.2 Å². The van der Waals surface area contributed by atoms with Gasteiger partial charge in [-0.1, -0.05) is 42.8 Å². The molecule has 3 heterocycles. The molecular weight excluding hydrogens is 398 g/mol. The van der Waals surface area contributed by atoms with Crippen molar-refractivity contribution in [3.8, 4) is 0 Å². The molecule has 1 aliphatic rings. The summed E-state index contributed by atoms with van der Waals surface area (Å²) < 4.78 is 7.44. The first-order valence-corrected chi connectivity index (χ1v) is 11.0. The van der Waals surface area contributed by atoms with E-state index in [0.29, 0.717) is 22.4 Å². The topological polar surface area (TPSA) is 85.0 Å². The molecule has 30 heavy (non-hydrogen) atoms. The van der Waals surface area contributed by atoms with E-state index in [0.717, 1.165) is 35.5 Å². The number of allylic oxidation sites excluding steroid dienone is 1. The van der Waals surface area contributed by atoms with Gasteiger partial charge in [0, 0.05) is 17.1 Å². The van der Waals surface area contributed by atoms with Crippen molar-refractivity contribution in [3.05, 3.63) is 65.3 Å². The summed E-state index contributed by atoms with van der Waals surface area (Å²) in [6.45, 7) is 6.05. The monoisotopic (exact) mass is 423 g/mol. The number of rotatable bonds is 7. The van der Waals surface area contributed by atoms with Gasteiger partial charge in [-0.05, 0) is 44.5 Å². The highest BCUT2D eigenvalue weighted by Crippen LogP contribution is 2.36. The normalized spacial score (nSPS) is 15.6. The largest absolute Gasteiger partial charge is 0.467 e. The van der Waals surface area contributed by atoms with Crippen molar-refractivity contribution in [2.75, 3.05) is 16.4 Å². The van der Waals surface area contributed by atoms with Gasteiger partial charge in [-0.2, -0.15) is 4.98 Å². The highest BCUT2D eigenvalue weighted by Gasteiger charge is 2.36. The zero-order chi connectivity index (χ0) is 21.1. The number of nitrogens with zero attached hydrogens (tertiary/aromatic N) is 3. The summed E-state index contributed by atoms with van der Waals surface area (Å²) in [7, 11) is 0. The van der Waals surface area contributed by atoms with E-state index < -0.39 is 6.04 Å². The first kappa shape index (κ1) is 20.3. The summed E-state index contributed by atoms with van der Waals surface area (Å²) in [6, 6.07) is 10.9. The van der Waals surface area contributed by atoms with Crippen molar-refractivity contribution in [3.63, 3.8) is 0 Å². The number of fused-ring (bicyclic) bond motifs is 1. The van der Waals surface area contributed by atoms with Crippen molar-refractivity contribution < 1.29 is 9.21 Å². The highest BCUT2D eigenvalue weighted by atomic mass is 32.2. The summed E-state index contributed by atoms with van der Waals surface area (Å²) in [5, 5.41) is 11.6. The van der Waals surface area contributed by atoms with Crippen LogP contribution in [0.25, 0.3) is 0 Å². The smallest absolute Gasteiger partial charge is 0.256 e. The van der Waals surface area contributed by atoms with Gasteiger partial charge in [-0.15, -0.1) is 5.10 Å². The van der Waals surface area contributed by atoms with Gasteiger partial charge in [0.05, 0.1) is 11.8 Å². The van der Waals surface area contributed by atoms with Gasteiger partial charge in [0.25, 0.3) is 5.91 Å². The number of hydrogen-bond donors (Lipinski definition) is 2. The third-order valence-corrected chi connectivity index (χ3v) is 5.85. The van der Waals surface area contributed by atoms with Gasteiger partial charge in [-0.25, -0.2) is 4.68 Å². The number of nitrogens with one attached hydrogen (secondary N) is 2. The van der Waals surface area contributed by atoms with Crippen LogP contribution in [0.15, 0.2) is 63.5 Å². The number of carbonyl (C=O) groups is 1. The molecule has 0 fully saturated rings. The van der Waals surface area contributed by atoms with Crippen LogP contribution in [0.2, 0.25) is 0 Å². The fraction of sp³-hybridized carbons (Fsp3) is 0.318. The van der Waals surface area contributed by atoms with E-state index in [2.05, 4.69) is 27.6 Å². The summed E-state index contributed by atoms with van der Waals surface area (Å²) in [6.07, 6.45) is 3.83. The van der Waals surface area contributed by atoms with Crippen LogP contribution in [0, 0.1) is 6.92 Å². The maximum atomic E-state index is 13.3. The Bertz CT molecular complexity index is 1050. The number of amides is 1. The molecule has 2 N–H and O–H groups in total. The zero-order valence-electron chi connectivity index (χ0n) is 17.3. The molecule has 8 heteroatoms. The minimum atomic E-state index is -0.491. The Morgan fingerprint density at radius 3 is 2.77 bits per heavy atom. The molecule has 0 spiro atoms. The standard InChI is InChI=1S/C22H25N5O2S/c1-4-5-13-30-22-25-21-23-15(3)18(19(27(21)26-22)17-7-6-12-29-17)20(28)24-16-10-8-14(2)9-11-16/h6-12,19H,4-5,13H2,1-3H3,(H,24,28)(H,23,25,26). The van der Waals surface area contributed by atoms with E-state index in [1.165, 1.54) is 0 Å². The third-order valence-electron chi connectivity index (χ3n) is 4.93. The molecule has 156 valence electrons. The molecule has 0 saturated carbocycles. The predicted octanol–water partition coefficient (Wildman–Crippen LogP) is 5.00. The van der Waals surface area contributed by atoms with E-state index in [4.69, 9.17) is 4.42 Å². The van der Waals surface area contributed by atoms with Gasteiger partial charge in [-0.3, -0.25) is 4.79 Å². The van der Waals surface area contributed by atoms with Crippen LogP contribution in [-0.2, 0) is 4.79 Å². The molecule has 1 unspecified atom stereocenters.